The number of hydrogen-bond acceptors (Lipinski definition) is 9. The van der Waals surface area contributed by atoms with Crippen LogP contribution in [0.3, 0.4) is 0 Å². The molecule has 2 saturated carbocycles. The number of hydrogen-bond donors (Lipinski definition) is 2. The van der Waals surface area contributed by atoms with Crippen molar-refractivity contribution < 1.29 is 39.6 Å². The van der Waals surface area contributed by atoms with E-state index in [1.165, 1.54) is 29.9 Å². The Morgan fingerprint density at radius 2 is 1.79 bits per heavy atom. The third-order valence-corrected chi connectivity index (χ3v) is 12.4. The molecule has 2 aromatic carbocycles. The molecule has 3 atom stereocenters. The fourth-order valence-electron chi connectivity index (χ4n) is 8.63. The number of anilines is 1. The van der Waals surface area contributed by atoms with Crippen molar-refractivity contribution in [2.45, 2.75) is 62.6 Å². The topological polar surface area (TPSA) is 177 Å². The molecule has 0 radical (unpaired) electrons. The Hall–Kier alpha value is -6.29. The van der Waals surface area contributed by atoms with Gasteiger partial charge in [-0.3, -0.25) is 32.9 Å². The number of pyridine rings is 1. The summed E-state index contributed by atoms with van der Waals surface area (Å²) >= 11 is 6.63. The molecule has 0 bridgehead atoms. The first kappa shape index (κ1) is 40.8. The first-order valence-electron chi connectivity index (χ1n) is 19.5. The summed E-state index contributed by atoms with van der Waals surface area (Å²) in [6, 6.07) is 7.13. The van der Waals surface area contributed by atoms with Crippen molar-refractivity contribution in [1.29, 1.82) is 0 Å². The minimum Gasteiger partial charge on any atom is -0.344 e. The van der Waals surface area contributed by atoms with Crippen molar-refractivity contribution in [3.63, 3.8) is 0 Å². The van der Waals surface area contributed by atoms with E-state index in [4.69, 9.17) is 16.6 Å². The molecular formula is C40H32ClF6N11O4S. The smallest absolute Gasteiger partial charge is 0.293 e. The van der Waals surface area contributed by atoms with Gasteiger partial charge in [0.25, 0.3) is 17.9 Å². The predicted molar refractivity (Wildman–Crippen MR) is 215 cm³/mol. The maximum atomic E-state index is 15.5. The molecule has 3 aliphatic carbocycles. The largest absolute Gasteiger partial charge is 0.344 e. The normalized spacial score (nSPS) is 18.3. The highest BCUT2D eigenvalue weighted by atomic mass is 35.5. The van der Waals surface area contributed by atoms with E-state index in [1.54, 1.807) is 23.1 Å². The Morgan fingerprint density at radius 3 is 2.49 bits per heavy atom. The number of carbonyl (C=O) groups is 1. The molecule has 23 heteroatoms. The van der Waals surface area contributed by atoms with Gasteiger partial charge in [-0.1, -0.05) is 11.6 Å². The molecule has 326 valence electrons. The maximum Gasteiger partial charge on any atom is 0.293 e. The van der Waals surface area contributed by atoms with Crippen molar-refractivity contribution in [3.05, 3.63) is 110 Å². The number of alkyl halides is 4. The van der Waals surface area contributed by atoms with Crippen molar-refractivity contribution in [2.24, 2.45) is 13.0 Å². The number of rotatable bonds is 12. The summed E-state index contributed by atoms with van der Waals surface area (Å²) in [7, 11) is -2.46. The van der Waals surface area contributed by atoms with Crippen LogP contribution in [-0.2, 0) is 40.8 Å². The lowest BCUT2D eigenvalue weighted by Crippen LogP contribution is -2.38. The Balaban J connectivity index is 1.17. The Kier molecular flexibility index (Phi) is 9.30. The SMILES string of the molecule is Cn1nc(NS(C)(=O)=O)c2c(Cl)ccc(-n3c([C@H](Cc4cc(F)cc(F)c4)NC(=O)Cn4nc(C(F)F)c5c4C(F)(F)[C@@H]4C[C@H]54)nc4nc(-c5cnn(C6CC6)c5)ccc4c3=O)c21. The van der Waals surface area contributed by atoms with Gasteiger partial charge in [0.2, 0.25) is 15.9 Å². The van der Waals surface area contributed by atoms with Crippen LogP contribution in [0, 0.1) is 17.6 Å². The van der Waals surface area contributed by atoms with Crippen LogP contribution < -0.4 is 15.6 Å². The highest BCUT2D eigenvalue weighted by molar-refractivity contribution is 7.92. The molecule has 0 aliphatic heterocycles. The molecular weight excluding hydrogens is 880 g/mol. The summed E-state index contributed by atoms with van der Waals surface area (Å²) < 4.78 is 121. The van der Waals surface area contributed by atoms with Gasteiger partial charge < -0.3 is 5.32 Å². The monoisotopic (exact) mass is 911 g/mol. The molecule has 15 nitrogen and oxygen atoms in total. The number of carbonyl (C=O) groups excluding carboxylic acids is 1. The van der Waals surface area contributed by atoms with Gasteiger partial charge in [0, 0.05) is 42.8 Å². The number of nitrogens with zero attached hydrogens (tertiary/aromatic N) is 9. The van der Waals surface area contributed by atoms with Gasteiger partial charge in [0.05, 0.1) is 57.2 Å². The second kappa shape index (κ2) is 14.4. The summed E-state index contributed by atoms with van der Waals surface area (Å²) in [5.74, 6) is -9.10. The molecule has 7 aromatic rings. The molecule has 5 heterocycles. The number of sulfonamides is 1. The number of amides is 1. The summed E-state index contributed by atoms with van der Waals surface area (Å²) in [5, 5.41) is 15.2. The molecule has 2 fully saturated rings. The van der Waals surface area contributed by atoms with Crippen LogP contribution in [0.1, 0.15) is 72.0 Å². The summed E-state index contributed by atoms with van der Waals surface area (Å²) in [6.45, 7) is -0.989. The fraction of sp³-hybridized carbons (Fsp3) is 0.325. The standard InChI is InChI=1S/C40H32ClF6N11O4S/c1-55-33-28(8-6-25(41)31(33)37(53-55)54-63(2,61)62)58-38(51-36-22(39(58)60)5-7-26(50-36)18-14-48-56(15-18)21-3-4-21)27(11-17-9-19(42)12-20(43)10-17)49-29(59)16-57-34-30(32(52-57)35(44)45)23-13-24(23)40(34,46)47/h5-10,12,14-15,21,23-24,27,35H,3-4,11,13,16H2,1-2H3,(H,49,59)(H,53,54)/t23-,24+,27-/m0/s1. The minimum atomic E-state index is -3.92. The number of fused-ring (bicyclic) bond motifs is 5. The van der Waals surface area contributed by atoms with Crippen LogP contribution in [0.5, 0.6) is 0 Å². The number of benzene rings is 2. The van der Waals surface area contributed by atoms with E-state index in [1.807, 2.05) is 0 Å². The van der Waals surface area contributed by atoms with Crippen molar-refractivity contribution in [2.75, 3.05) is 11.0 Å². The highest BCUT2D eigenvalue weighted by Crippen LogP contribution is 2.68. The van der Waals surface area contributed by atoms with E-state index in [0.717, 1.165) is 35.8 Å². The lowest BCUT2D eigenvalue weighted by molar-refractivity contribution is -0.123. The number of aromatic nitrogens is 9. The third kappa shape index (κ3) is 7.08. The van der Waals surface area contributed by atoms with E-state index in [0.29, 0.717) is 22.0 Å². The zero-order valence-electron chi connectivity index (χ0n) is 32.8. The van der Waals surface area contributed by atoms with Crippen LogP contribution in [0.2, 0.25) is 5.02 Å². The van der Waals surface area contributed by atoms with Gasteiger partial charge in [-0.25, -0.2) is 35.9 Å². The Labute approximate surface area is 356 Å². The first-order chi connectivity index (χ1) is 29.9. The van der Waals surface area contributed by atoms with Gasteiger partial charge in [0.1, 0.15) is 35.4 Å². The van der Waals surface area contributed by atoms with E-state index >= 15 is 13.6 Å². The lowest BCUT2D eigenvalue weighted by atomic mass is 10.0. The van der Waals surface area contributed by atoms with Gasteiger partial charge >= 0.3 is 0 Å². The number of aryl methyl sites for hydroxylation is 1. The molecule has 0 spiro atoms. The van der Waals surface area contributed by atoms with Crippen LogP contribution in [-0.4, -0.2) is 64.5 Å². The quantitative estimate of drug-likeness (QED) is 0.128. The molecule has 0 unspecified atom stereocenters. The summed E-state index contributed by atoms with van der Waals surface area (Å²) in [6.07, 6.45) is 2.52. The molecule has 5 aromatic heterocycles. The van der Waals surface area contributed by atoms with Gasteiger partial charge in [-0.05, 0) is 67.1 Å². The predicted octanol–water partition coefficient (Wildman–Crippen LogP) is 6.61. The molecule has 0 saturated heterocycles. The second-order valence-corrected chi connectivity index (χ2v) is 18.2. The van der Waals surface area contributed by atoms with E-state index in [-0.39, 0.29) is 67.9 Å². The van der Waals surface area contributed by atoms with Crippen molar-refractivity contribution in [1.82, 2.24) is 49.2 Å². The average molecular weight is 912 g/mol. The second-order valence-electron chi connectivity index (χ2n) is 16.0. The van der Waals surface area contributed by atoms with Gasteiger partial charge in [-0.15, -0.1) is 0 Å². The van der Waals surface area contributed by atoms with Crippen molar-refractivity contribution >= 4 is 55.3 Å². The Bertz CT molecular complexity index is 3240. The minimum absolute atomic E-state index is 0.00477. The van der Waals surface area contributed by atoms with Crippen LogP contribution >= 0.6 is 11.6 Å². The molecule has 63 heavy (non-hydrogen) atoms. The fourth-order valence-corrected chi connectivity index (χ4v) is 9.37. The third-order valence-electron chi connectivity index (χ3n) is 11.5. The van der Waals surface area contributed by atoms with Crippen LogP contribution in [0.4, 0.5) is 32.2 Å². The maximum absolute atomic E-state index is 15.5. The van der Waals surface area contributed by atoms with E-state index < -0.39 is 87.7 Å². The van der Waals surface area contributed by atoms with Crippen LogP contribution in [0.25, 0.3) is 38.9 Å². The van der Waals surface area contributed by atoms with Gasteiger partial charge in [0.15, 0.2) is 11.5 Å². The van der Waals surface area contributed by atoms with Gasteiger partial charge in [-0.2, -0.15) is 24.1 Å². The summed E-state index contributed by atoms with van der Waals surface area (Å²) in [5.41, 5.74) is -1.81. The lowest BCUT2D eigenvalue weighted by Gasteiger charge is -2.24. The highest BCUT2D eigenvalue weighted by Gasteiger charge is 2.67. The van der Waals surface area contributed by atoms with E-state index in [2.05, 4.69) is 30.3 Å². The zero-order chi connectivity index (χ0) is 44.4. The number of halogens is 7. The molecule has 3 aliphatic rings. The molecule has 10 rings (SSSR count). The van der Waals surface area contributed by atoms with E-state index in [9.17, 15) is 30.8 Å². The molecule has 1 amide bonds. The first-order valence-corrected chi connectivity index (χ1v) is 21.8. The molecule has 2 N–H and O–H groups in total. The zero-order valence-corrected chi connectivity index (χ0v) is 34.4. The number of nitrogens with one attached hydrogen (secondary N) is 2. The summed E-state index contributed by atoms with van der Waals surface area (Å²) in [4.78, 5) is 38.7. The van der Waals surface area contributed by atoms with Crippen molar-refractivity contribution in [3.8, 4) is 16.9 Å². The Morgan fingerprint density at radius 1 is 1.05 bits per heavy atom. The average Bonchev–Trinajstić information content (AvgIpc) is 4.07. The van der Waals surface area contributed by atoms with Crippen LogP contribution in [0.15, 0.2) is 59.7 Å².